The fourth-order valence-corrected chi connectivity index (χ4v) is 4.32. The Bertz CT molecular complexity index is 1100. The molecule has 5 nitrogen and oxygen atoms in total. The van der Waals surface area contributed by atoms with Gasteiger partial charge in [-0.05, 0) is 62.1 Å². The molecule has 5 rings (SSSR count). The average molecular weight is 407 g/mol. The Hall–Kier alpha value is -2.73. The van der Waals surface area contributed by atoms with Crippen molar-refractivity contribution < 1.29 is 14.3 Å². The van der Waals surface area contributed by atoms with Gasteiger partial charge >= 0.3 is 0 Å². The first kappa shape index (κ1) is 19.2. The summed E-state index contributed by atoms with van der Waals surface area (Å²) in [7, 11) is 0. The van der Waals surface area contributed by atoms with Crippen LogP contribution in [0.3, 0.4) is 0 Å². The minimum absolute atomic E-state index is 0.0907. The predicted octanol–water partition coefficient (Wildman–Crippen LogP) is 5.01. The van der Waals surface area contributed by atoms with E-state index in [0.29, 0.717) is 22.9 Å². The fourth-order valence-electron chi connectivity index (χ4n) is 4.32. The normalized spacial score (nSPS) is 18.8. The second kappa shape index (κ2) is 7.20. The van der Waals surface area contributed by atoms with Gasteiger partial charge in [0.1, 0.15) is 5.82 Å². The van der Waals surface area contributed by atoms with Gasteiger partial charge in [0, 0.05) is 12.1 Å². The Balaban J connectivity index is 1.45. The van der Waals surface area contributed by atoms with Crippen molar-refractivity contribution in [3.63, 3.8) is 0 Å². The van der Waals surface area contributed by atoms with Crippen molar-refractivity contribution in [3.8, 4) is 0 Å². The van der Waals surface area contributed by atoms with Crippen molar-refractivity contribution in [2.75, 3.05) is 5.32 Å². The van der Waals surface area contributed by atoms with Crippen molar-refractivity contribution in [1.29, 1.82) is 0 Å². The molecule has 1 atom stereocenters. The van der Waals surface area contributed by atoms with E-state index in [1.54, 1.807) is 19.1 Å². The number of nitrogens with zero attached hydrogens (tertiary/aromatic N) is 2. The molecule has 3 aromatic rings. The van der Waals surface area contributed by atoms with Crippen molar-refractivity contribution >= 4 is 22.9 Å². The zero-order valence-electron chi connectivity index (χ0n) is 17.1. The van der Waals surface area contributed by atoms with E-state index in [9.17, 15) is 14.3 Å². The van der Waals surface area contributed by atoms with Gasteiger partial charge in [0.15, 0.2) is 0 Å². The Labute approximate surface area is 174 Å². The standard InChI is InChI=1S/C24H26FN3O2/c1-24(30,16-6-3-2-4-7-16)14-22(29)27-23-26-20-13-19(25)18(15-10-11-15)12-21(20)28(23)17-8-5-9-17/h2-4,6-7,12-13,15,17,30H,5,8-11,14H2,1H3,(H,26,27,29)/t24-/m1/s1. The molecule has 2 fully saturated rings. The number of amides is 1. The molecule has 1 aromatic heterocycles. The van der Waals surface area contributed by atoms with Crippen molar-refractivity contribution in [2.24, 2.45) is 0 Å². The lowest BCUT2D eigenvalue weighted by atomic mass is 9.92. The summed E-state index contributed by atoms with van der Waals surface area (Å²) in [6.07, 6.45) is 5.14. The van der Waals surface area contributed by atoms with Crippen molar-refractivity contribution in [1.82, 2.24) is 9.55 Å². The minimum atomic E-state index is -1.29. The number of nitrogens with one attached hydrogen (secondary N) is 1. The van der Waals surface area contributed by atoms with Gasteiger partial charge in [0.05, 0.1) is 23.1 Å². The summed E-state index contributed by atoms with van der Waals surface area (Å²) in [5.74, 6) is 0.213. The molecule has 30 heavy (non-hydrogen) atoms. The van der Waals surface area contributed by atoms with Crippen LogP contribution in [0.1, 0.15) is 68.5 Å². The molecular weight excluding hydrogens is 381 g/mol. The number of aliphatic hydroxyl groups is 1. The van der Waals surface area contributed by atoms with Crippen LogP contribution in [0.4, 0.5) is 10.3 Å². The predicted molar refractivity (Wildman–Crippen MR) is 114 cm³/mol. The van der Waals surface area contributed by atoms with Crippen LogP contribution < -0.4 is 5.32 Å². The number of anilines is 1. The molecule has 2 aliphatic rings. The largest absolute Gasteiger partial charge is 0.385 e. The van der Waals surface area contributed by atoms with E-state index >= 15 is 0 Å². The number of carbonyl (C=O) groups excluding carboxylic acids is 1. The molecule has 6 heteroatoms. The molecular formula is C24H26FN3O2. The average Bonchev–Trinajstić information content (AvgIpc) is 3.45. The maximum atomic E-state index is 14.6. The van der Waals surface area contributed by atoms with Crippen LogP contribution in [-0.2, 0) is 10.4 Å². The quantitative estimate of drug-likeness (QED) is 0.603. The van der Waals surface area contributed by atoms with Gasteiger partial charge in [-0.15, -0.1) is 0 Å². The molecule has 0 unspecified atom stereocenters. The van der Waals surface area contributed by atoms with Gasteiger partial charge in [0.25, 0.3) is 0 Å². The number of rotatable bonds is 6. The third-order valence-electron chi connectivity index (χ3n) is 6.42. The van der Waals surface area contributed by atoms with Crippen LogP contribution in [0.15, 0.2) is 42.5 Å². The van der Waals surface area contributed by atoms with E-state index in [4.69, 9.17) is 0 Å². The van der Waals surface area contributed by atoms with Gasteiger partial charge < -0.3 is 9.67 Å². The van der Waals surface area contributed by atoms with E-state index in [2.05, 4.69) is 14.9 Å². The van der Waals surface area contributed by atoms with Crippen LogP contribution in [0.5, 0.6) is 0 Å². The molecule has 0 saturated heterocycles. The SMILES string of the molecule is C[C@@](O)(CC(=O)Nc1nc2cc(F)c(C3CC3)cc2n1C1CCC1)c1ccccc1. The van der Waals surface area contributed by atoms with Gasteiger partial charge in [-0.3, -0.25) is 10.1 Å². The number of aromatic nitrogens is 2. The first-order valence-corrected chi connectivity index (χ1v) is 10.7. The van der Waals surface area contributed by atoms with Gasteiger partial charge in [-0.2, -0.15) is 0 Å². The van der Waals surface area contributed by atoms with Gasteiger partial charge in [-0.25, -0.2) is 9.37 Å². The number of hydrogen-bond donors (Lipinski definition) is 2. The highest BCUT2D eigenvalue weighted by molar-refractivity contribution is 5.92. The second-order valence-electron chi connectivity index (χ2n) is 8.89. The van der Waals surface area contributed by atoms with E-state index in [0.717, 1.165) is 43.2 Å². The maximum absolute atomic E-state index is 14.6. The highest BCUT2D eigenvalue weighted by Gasteiger charge is 2.31. The van der Waals surface area contributed by atoms with E-state index in [1.165, 1.54) is 6.07 Å². The van der Waals surface area contributed by atoms with Gasteiger partial charge in [-0.1, -0.05) is 30.3 Å². The van der Waals surface area contributed by atoms with E-state index in [-0.39, 0.29) is 24.2 Å². The topological polar surface area (TPSA) is 67.2 Å². The molecule has 2 saturated carbocycles. The maximum Gasteiger partial charge on any atom is 0.229 e. The first-order chi connectivity index (χ1) is 14.4. The Morgan fingerprint density at radius 3 is 2.60 bits per heavy atom. The van der Waals surface area contributed by atoms with Crippen molar-refractivity contribution in [3.05, 3.63) is 59.4 Å². The van der Waals surface area contributed by atoms with Crippen LogP contribution >= 0.6 is 0 Å². The minimum Gasteiger partial charge on any atom is -0.385 e. The lowest BCUT2D eigenvalue weighted by Crippen LogP contribution is -2.30. The number of benzene rings is 2. The molecule has 2 N–H and O–H groups in total. The molecule has 1 amide bonds. The zero-order valence-corrected chi connectivity index (χ0v) is 17.1. The molecule has 0 radical (unpaired) electrons. The summed E-state index contributed by atoms with van der Waals surface area (Å²) in [4.78, 5) is 17.4. The molecule has 0 aliphatic heterocycles. The first-order valence-electron chi connectivity index (χ1n) is 10.7. The summed E-state index contributed by atoms with van der Waals surface area (Å²) >= 11 is 0. The summed E-state index contributed by atoms with van der Waals surface area (Å²) in [6.45, 7) is 1.63. The van der Waals surface area contributed by atoms with Crippen LogP contribution in [0.25, 0.3) is 11.0 Å². The van der Waals surface area contributed by atoms with Gasteiger partial charge in [0.2, 0.25) is 11.9 Å². The van der Waals surface area contributed by atoms with Crippen LogP contribution in [-0.4, -0.2) is 20.6 Å². The summed E-state index contributed by atoms with van der Waals surface area (Å²) < 4.78 is 16.6. The third kappa shape index (κ3) is 3.49. The number of carbonyl (C=O) groups is 1. The Morgan fingerprint density at radius 2 is 1.97 bits per heavy atom. The molecule has 1 heterocycles. The number of fused-ring (bicyclic) bond motifs is 1. The lowest BCUT2D eigenvalue weighted by Gasteiger charge is -2.29. The van der Waals surface area contributed by atoms with Crippen LogP contribution in [0.2, 0.25) is 0 Å². The highest BCUT2D eigenvalue weighted by atomic mass is 19.1. The summed E-state index contributed by atoms with van der Waals surface area (Å²) in [5, 5.41) is 13.7. The zero-order chi connectivity index (χ0) is 20.9. The van der Waals surface area contributed by atoms with E-state index < -0.39 is 5.60 Å². The Kier molecular flexibility index (Phi) is 4.62. The van der Waals surface area contributed by atoms with E-state index in [1.807, 2.05) is 24.3 Å². The smallest absolute Gasteiger partial charge is 0.229 e. The summed E-state index contributed by atoms with van der Waals surface area (Å²) in [5.41, 5.74) is 1.60. The van der Waals surface area contributed by atoms with Crippen molar-refractivity contribution in [2.45, 2.75) is 63.0 Å². The fraction of sp³-hybridized carbons (Fsp3) is 0.417. The third-order valence-corrected chi connectivity index (χ3v) is 6.42. The summed E-state index contributed by atoms with van der Waals surface area (Å²) in [6, 6.07) is 12.8. The number of hydrogen-bond acceptors (Lipinski definition) is 3. The lowest BCUT2D eigenvalue weighted by molar-refractivity contribution is -0.120. The highest BCUT2D eigenvalue weighted by Crippen LogP contribution is 2.44. The van der Waals surface area contributed by atoms with Crippen LogP contribution in [0, 0.1) is 5.82 Å². The molecule has 0 spiro atoms. The molecule has 2 aromatic carbocycles. The molecule has 2 aliphatic carbocycles. The monoisotopic (exact) mass is 407 g/mol. The number of halogens is 1. The second-order valence-corrected chi connectivity index (χ2v) is 8.89. The molecule has 0 bridgehead atoms. The molecule has 156 valence electrons. The number of imidazole rings is 1. The Morgan fingerprint density at radius 1 is 1.23 bits per heavy atom.